The fraction of sp³-hybridized carbons (Fsp3) is 0.787. The van der Waals surface area contributed by atoms with Crippen LogP contribution in [0.4, 0.5) is 0 Å². The molecule has 6 heteroatoms. The highest BCUT2D eigenvalue weighted by molar-refractivity contribution is 5.69. The van der Waals surface area contributed by atoms with Gasteiger partial charge >= 0.3 is 11.9 Å². The highest BCUT2D eigenvalue weighted by Crippen LogP contribution is 2.60. The third-order valence-corrected chi connectivity index (χ3v) is 12.7. The Hall–Kier alpha value is -2.18. The number of esters is 2. The second kappa shape index (κ2) is 23.0. The van der Waals surface area contributed by atoms with Crippen molar-refractivity contribution in [2.75, 3.05) is 0 Å². The minimum atomic E-state index is -0.684. The molecular formula is C47H78O6. The summed E-state index contributed by atoms with van der Waals surface area (Å²) < 4.78 is 11.4. The highest BCUT2D eigenvalue weighted by Gasteiger charge is 2.50. The van der Waals surface area contributed by atoms with E-state index in [0.717, 1.165) is 88.2 Å². The van der Waals surface area contributed by atoms with Gasteiger partial charge in [-0.15, -0.1) is 0 Å². The summed E-state index contributed by atoms with van der Waals surface area (Å²) >= 11 is 0. The fourth-order valence-electron chi connectivity index (χ4n) is 9.74. The van der Waals surface area contributed by atoms with Crippen LogP contribution in [0, 0.1) is 23.2 Å². The van der Waals surface area contributed by atoms with Crippen LogP contribution in [0.2, 0.25) is 0 Å². The molecule has 0 amide bonds. The van der Waals surface area contributed by atoms with Crippen LogP contribution in [0.25, 0.3) is 0 Å². The van der Waals surface area contributed by atoms with Gasteiger partial charge in [-0.25, -0.2) is 0 Å². The first kappa shape index (κ1) is 45.2. The summed E-state index contributed by atoms with van der Waals surface area (Å²) in [6, 6.07) is 0. The van der Waals surface area contributed by atoms with Gasteiger partial charge in [0.2, 0.25) is 0 Å². The van der Waals surface area contributed by atoms with Crippen molar-refractivity contribution < 1.29 is 29.3 Å². The van der Waals surface area contributed by atoms with Gasteiger partial charge < -0.3 is 19.7 Å². The average molecular weight is 739 g/mol. The van der Waals surface area contributed by atoms with E-state index in [1.807, 2.05) is 13.8 Å². The Morgan fingerprint density at radius 2 is 1.74 bits per heavy atom. The van der Waals surface area contributed by atoms with Gasteiger partial charge in [-0.3, -0.25) is 9.59 Å². The van der Waals surface area contributed by atoms with Gasteiger partial charge in [0.15, 0.2) is 0 Å². The molecule has 0 radical (unpaired) electrons. The molecule has 0 saturated heterocycles. The Labute approximate surface area is 324 Å². The molecule has 3 aliphatic rings. The van der Waals surface area contributed by atoms with Crippen LogP contribution < -0.4 is 0 Å². The van der Waals surface area contributed by atoms with Gasteiger partial charge in [-0.1, -0.05) is 109 Å². The number of aliphatic hydroxyl groups is 2. The van der Waals surface area contributed by atoms with E-state index in [4.69, 9.17) is 9.47 Å². The standard InChI is InChI=1S/C47H78O6/c1-8-9-10-17-24-40(52-37(4)48)25-18-15-13-11-12-14-16-19-26-45(50)53-41-33-39(36(3)44(49)34-41)28-27-38-23-21-32-47(7)42(29-30-43(38)47)35(2)22-20-31-46(5,6)51/h15,18,27-28,35,40-44,49,51H,3,8-14,16-17,19-26,29-34H2,1-2,4-7H3/b18-15-,38-27+,39-28-/t35-,40-,41-,42-,43+,44?,47-/m1/s1. The number of carbonyl (C=O) groups excluding carboxylic acids is 2. The van der Waals surface area contributed by atoms with Crippen molar-refractivity contribution in [3.63, 3.8) is 0 Å². The van der Waals surface area contributed by atoms with Gasteiger partial charge in [0.1, 0.15) is 12.2 Å². The van der Waals surface area contributed by atoms with Gasteiger partial charge in [-0.05, 0) is 119 Å². The maximum atomic E-state index is 12.8. The molecule has 6 nitrogen and oxygen atoms in total. The molecule has 0 aromatic rings. The normalized spacial score (nSPS) is 27.7. The SMILES string of the molecule is C=C1/C(=C\C=C2/CCC[C@]3(C)[C@@H]([C@H](C)CCCC(C)(C)O)CC[C@@H]23)C[C@@H](OC(=O)CCCCCCC/C=C\C[C@@H](CCCCCC)OC(C)=O)CC1O. The number of unbranched alkanes of at least 4 members (excludes halogenated alkanes) is 8. The van der Waals surface area contributed by atoms with Gasteiger partial charge in [-0.2, -0.15) is 0 Å². The van der Waals surface area contributed by atoms with E-state index in [9.17, 15) is 19.8 Å². The summed E-state index contributed by atoms with van der Waals surface area (Å²) in [5.41, 5.74) is 3.05. The lowest BCUT2D eigenvalue weighted by Gasteiger charge is -2.44. The van der Waals surface area contributed by atoms with Crippen molar-refractivity contribution in [2.24, 2.45) is 23.2 Å². The summed E-state index contributed by atoms with van der Waals surface area (Å²) in [7, 11) is 0. The number of hydrogen-bond donors (Lipinski definition) is 2. The first-order valence-corrected chi connectivity index (χ1v) is 21.7. The third-order valence-electron chi connectivity index (χ3n) is 12.7. The summed E-state index contributed by atoms with van der Waals surface area (Å²) in [4.78, 5) is 24.2. The van der Waals surface area contributed by atoms with E-state index in [1.54, 1.807) is 0 Å². The lowest BCUT2D eigenvalue weighted by atomic mass is 9.60. The predicted molar refractivity (Wildman–Crippen MR) is 218 cm³/mol. The first-order chi connectivity index (χ1) is 25.2. The van der Waals surface area contributed by atoms with Crippen molar-refractivity contribution in [2.45, 2.75) is 213 Å². The second-order valence-corrected chi connectivity index (χ2v) is 17.9. The molecule has 0 heterocycles. The highest BCUT2D eigenvalue weighted by atomic mass is 16.5. The summed E-state index contributed by atoms with van der Waals surface area (Å²) in [5.74, 6) is 1.61. The molecule has 7 atom stereocenters. The number of ether oxygens (including phenoxy) is 2. The van der Waals surface area contributed by atoms with Crippen LogP contribution in [0.3, 0.4) is 0 Å². The average Bonchev–Trinajstić information content (AvgIpc) is 3.45. The molecule has 0 aromatic carbocycles. The number of rotatable bonds is 23. The van der Waals surface area contributed by atoms with E-state index < -0.39 is 11.7 Å². The van der Waals surface area contributed by atoms with Crippen LogP contribution in [-0.2, 0) is 19.1 Å². The molecule has 0 aromatic heterocycles. The number of carbonyl (C=O) groups is 2. The molecule has 302 valence electrons. The van der Waals surface area contributed by atoms with E-state index in [0.29, 0.717) is 42.4 Å². The van der Waals surface area contributed by atoms with E-state index in [2.05, 4.69) is 51.7 Å². The predicted octanol–water partition coefficient (Wildman–Crippen LogP) is 11.8. The largest absolute Gasteiger partial charge is 0.462 e. The minimum Gasteiger partial charge on any atom is -0.462 e. The molecule has 0 bridgehead atoms. The Kier molecular flexibility index (Phi) is 19.6. The van der Waals surface area contributed by atoms with Crippen LogP contribution in [0.5, 0.6) is 0 Å². The van der Waals surface area contributed by atoms with Crippen LogP contribution in [0.15, 0.2) is 47.6 Å². The van der Waals surface area contributed by atoms with Crippen molar-refractivity contribution in [3.05, 3.63) is 47.6 Å². The quantitative estimate of drug-likeness (QED) is 0.0616. The molecular weight excluding hydrogens is 661 g/mol. The first-order valence-electron chi connectivity index (χ1n) is 21.7. The van der Waals surface area contributed by atoms with Crippen molar-refractivity contribution in [1.82, 2.24) is 0 Å². The number of aliphatic hydroxyl groups excluding tert-OH is 1. The summed E-state index contributed by atoms with van der Waals surface area (Å²) in [5, 5.41) is 21.0. The topological polar surface area (TPSA) is 93.1 Å². The summed E-state index contributed by atoms with van der Waals surface area (Å²) in [6.07, 6.45) is 31.3. The zero-order valence-electron chi connectivity index (χ0n) is 34.8. The molecule has 3 rings (SSSR count). The van der Waals surface area contributed by atoms with Crippen LogP contribution in [0.1, 0.15) is 189 Å². The van der Waals surface area contributed by atoms with E-state index in [-0.39, 0.29) is 24.1 Å². The minimum absolute atomic E-state index is 0.00825. The van der Waals surface area contributed by atoms with Crippen LogP contribution >= 0.6 is 0 Å². The van der Waals surface area contributed by atoms with Gasteiger partial charge in [0.05, 0.1) is 11.7 Å². The van der Waals surface area contributed by atoms with Crippen molar-refractivity contribution in [3.8, 4) is 0 Å². The fourth-order valence-corrected chi connectivity index (χ4v) is 9.74. The van der Waals surface area contributed by atoms with Gasteiger partial charge in [0, 0.05) is 32.6 Å². The maximum absolute atomic E-state index is 12.8. The molecule has 3 fully saturated rings. The summed E-state index contributed by atoms with van der Waals surface area (Å²) in [6.45, 7) is 16.7. The molecule has 1 unspecified atom stereocenters. The van der Waals surface area contributed by atoms with E-state index >= 15 is 0 Å². The number of allylic oxidation sites excluding steroid dienone is 4. The zero-order valence-corrected chi connectivity index (χ0v) is 34.8. The molecule has 3 aliphatic carbocycles. The number of fused-ring (bicyclic) bond motifs is 1. The Morgan fingerprint density at radius 1 is 1.00 bits per heavy atom. The lowest BCUT2D eigenvalue weighted by Crippen LogP contribution is -2.36. The Balaban J connectivity index is 1.38. The maximum Gasteiger partial charge on any atom is 0.306 e. The van der Waals surface area contributed by atoms with Crippen molar-refractivity contribution >= 4 is 11.9 Å². The third kappa shape index (κ3) is 15.8. The number of hydrogen-bond acceptors (Lipinski definition) is 6. The molecule has 3 saturated carbocycles. The zero-order chi connectivity index (χ0) is 38.9. The van der Waals surface area contributed by atoms with Crippen molar-refractivity contribution in [1.29, 1.82) is 0 Å². The Morgan fingerprint density at radius 3 is 2.47 bits per heavy atom. The monoisotopic (exact) mass is 739 g/mol. The van der Waals surface area contributed by atoms with Crippen LogP contribution in [-0.4, -0.2) is 46.1 Å². The molecule has 0 aliphatic heterocycles. The van der Waals surface area contributed by atoms with E-state index in [1.165, 1.54) is 63.9 Å². The molecule has 53 heavy (non-hydrogen) atoms. The molecule has 0 spiro atoms. The second-order valence-electron chi connectivity index (χ2n) is 17.9. The Bertz CT molecular complexity index is 1220. The molecule has 2 N–H and O–H groups in total. The lowest BCUT2D eigenvalue weighted by molar-refractivity contribution is -0.151. The van der Waals surface area contributed by atoms with Gasteiger partial charge in [0.25, 0.3) is 0 Å². The smallest absolute Gasteiger partial charge is 0.306 e.